The van der Waals surface area contributed by atoms with Gasteiger partial charge in [0.1, 0.15) is 5.75 Å². The summed E-state index contributed by atoms with van der Waals surface area (Å²) in [4.78, 5) is 36.5. The van der Waals surface area contributed by atoms with Gasteiger partial charge in [-0.3, -0.25) is 14.4 Å². The lowest BCUT2D eigenvalue weighted by Crippen LogP contribution is -2.32. The second-order valence-corrected chi connectivity index (χ2v) is 8.67. The molecule has 3 aromatic carbocycles. The van der Waals surface area contributed by atoms with Crippen LogP contribution in [0.3, 0.4) is 0 Å². The van der Waals surface area contributed by atoms with E-state index in [1.165, 1.54) is 19.4 Å². The molecule has 39 heavy (non-hydrogen) atoms. The standard InChI is InChI=1S/C28H29ClN4O6/c1-4-13-38-22-11-9-21(10-12-22)32-27(35)28(36)33-30-16-19-14-23(29)26(24(15-19)37-3)39-17-25(34)31-20-7-5-18(2)6-8-20/h5-12,14-16H,4,13,17H2,1-3H3,(H,31,34)(H,32,35)(H,33,36)/b30-16-. The Morgan fingerprint density at radius 2 is 1.59 bits per heavy atom. The molecule has 3 amide bonds. The van der Waals surface area contributed by atoms with Crippen molar-refractivity contribution < 1.29 is 28.6 Å². The van der Waals surface area contributed by atoms with Crippen LogP contribution in [0.25, 0.3) is 0 Å². The molecule has 0 saturated heterocycles. The summed E-state index contributed by atoms with van der Waals surface area (Å²) in [5.74, 6) is -1.13. The molecule has 0 radical (unpaired) electrons. The lowest BCUT2D eigenvalue weighted by molar-refractivity contribution is -0.136. The lowest BCUT2D eigenvalue weighted by atomic mass is 10.2. The number of amides is 3. The third kappa shape index (κ3) is 9.04. The summed E-state index contributed by atoms with van der Waals surface area (Å²) in [6.07, 6.45) is 2.16. The highest BCUT2D eigenvalue weighted by Gasteiger charge is 2.15. The zero-order valence-corrected chi connectivity index (χ0v) is 22.5. The van der Waals surface area contributed by atoms with E-state index < -0.39 is 11.8 Å². The molecular formula is C28H29ClN4O6. The molecule has 0 heterocycles. The first kappa shape index (κ1) is 29.0. The van der Waals surface area contributed by atoms with Gasteiger partial charge in [-0.15, -0.1) is 0 Å². The molecule has 0 aromatic heterocycles. The summed E-state index contributed by atoms with van der Waals surface area (Å²) in [6, 6.07) is 17.1. The first-order valence-electron chi connectivity index (χ1n) is 12.0. The molecule has 0 aliphatic rings. The molecule has 3 rings (SSSR count). The van der Waals surface area contributed by atoms with Crippen LogP contribution in [-0.2, 0) is 14.4 Å². The van der Waals surface area contributed by atoms with E-state index in [0.29, 0.717) is 29.3 Å². The predicted octanol–water partition coefficient (Wildman–Crippen LogP) is 4.55. The highest BCUT2D eigenvalue weighted by Crippen LogP contribution is 2.36. The molecule has 10 nitrogen and oxygen atoms in total. The molecule has 0 unspecified atom stereocenters. The largest absolute Gasteiger partial charge is 0.494 e. The average molecular weight is 553 g/mol. The maximum atomic E-state index is 12.3. The number of aryl methyl sites for hydroxylation is 1. The van der Waals surface area contributed by atoms with E-state index in [0.717, 1.165) is 12.0 Å². The number of hydrogen-bond acceptors (Lipinski definition) is 7. The molecule has 0 bridgehead atoms. The van der Waals surface area contributed by atoms with Gasteiger partial charge < -0.3 is 24.8 Å². The van der Waals surface area contributed by atoms with E-state index in [2.05, 4.69) is 21.2 Å². The average Bonchev–Trinajstić information content (AvgIpc) is 2.93. The van der Waals surface area contributed by atoms with E-state index in [1.807, 2.05) is 26.0 Å². The third-order valence-electron chi connectivity index (χ3n) is 5.11. The van der Waals surface area contributed by atoms with Crippen LogP contribution in [0.5, 0.6) is 17.2 Å². The van der Waals surface area contributed by atoms with Gasteiger partial charge in [0.05, 0.1) is 25.0 Å². The van der Waals surface area contributed by atoms with Gasteiger partial charge in [0.15, 0.2) is 18.1 Å². The second kappa shape index (κ2) is 14.4. The third-order valence-corrected chi connectivity index (χ3v) is 5.39. The molecule has 0 aliphatic carbocycles. The lowest BCUT2D eigenvalue weighted by Gasteiger charge is -2.13. The SMILES string of the molecule is CCCOc1ccc(NC(=O)C(=O)N/N=C\c2cc(Cl)c(OCC(=O)Nc3ccc(C)cc3)c(OC)c2)cc1. The Labute approximate surface area is 231 Å². The Bertz CT molecular complexity index is 1330. The fourth-order valence-corrected chi connectivity index (χ4v) is 3.46. The summed E-state index contributed by atoms with van der Waals surface area (Å²) in [5, 5.41) is 9.17. The smallest absolute Gasteiger partial charge is 0.329 e. The molecule has 11 heteroatoms. The topological polar surface area (TPSA) is 127 Å². The molecule has 0 spiro atoms. The van der Waals surface area contributed by atoms with Crippen molar-refractivity contribution >= 4 is 46.9 Å². The summed E-state index contributed by atoms with van der Waals surface area (Å²) >= 11 is 6.34. The van der Waals surface area contributed by atoms with Crippen LogP contribution in [0.15, 0.2) is 65.8 Å². The van der Waals surface area contributed by atoms with Crippen LogP contribution in [0, 0.1) is 6.92 Å². The number of hydrogen-bond donors (Lipinski definition) is 3. The Kier molecular flexibility index (Phi) is 10.7. The van der Waals surface area contributed by atoms with Crippen molar-refractivity contribution in [3.05, 3.63) is 76.8 Å². The van der Waals surface area contributed by atoms with Gasteiger partial charge in [-0.2, -0.15) is 5.10 Å². The summed E-state index contributed by atoms with van der Waals surface area (Å²) in [6.45, 7) is 4.25. The molecule has 204 valence electrons. The predicted molar refractivity (Wildman–Crippen MR) is 150 cm³/mol. The Morgan fingerprint density at radius 3 is 2.26 bits per heavy atom. The Morgan fingerprint density at radius 1 is 0.923 bits per heavy atom. The van der Waals surface area contributed by atoms with Crippen LogP contribution in [0.4, 0.5) is 11.4 Å². The summed E-state index contributed by atoms with van der Waals surface area (Å²) < 4.78 is 16.4. The Hall–Kier alpha value is -4.57. The first-order chi connectivity index (χ1) is 18.8. The fraction of sp³-hybridized carbons (Fsp3) is 0.214. The number of rotatable bonds is 11. The van der Waals surface area contributed by atoms with Gasteiger partial charge in [-0.25, -0.2) is 5.43 Å². The molecule has 3 N–H and O–H groups in total. The van der Waals surface area contributed by atoms with Crippen LogP contribution >= 0.6 is 11.6 Å². The minimum absolute atomic E-state index is 0.161. The highest BCUT2D eigenvalue weighted by molar-refractivity contribution is 6.39. The summed E-state index contributed by atoms with van der Waals surface area (Å²) in [7, 11) is 1.42. The number of nitrogens with one attached hydrogen (secondary N) is 3. The van der Waals surface area contributed by atoms with Gasteiger partial charge in [-0.05, 0) is 67.4 Å². The molecule has 0 saturated carbocycles. The number of hydrazone groups is 1. The maximum Gasteiger partial charge on any atom is 0.329 e. The monoisotopic (exact) mass is 552 g/mol. The summed E-state index contributed by atoms with van der Waals surface area (Å²) in [5.41, 5.74) is 4.76. The number of halogens is 1. The van der Waals surface area contributed by atoms with Crippen molar-refractivity contribution in [2.75, 3.05) is 31.0 Å². The van der Waals surface area contributed by atoms with E-state index in [9.17, 15) is 14.4 Å². The van der Waals surface area contributed by atoms with E-state index in [-0.39, 0.29) is 29.0 Å². The minimum Gasteiger partial charge on any atom is -0.494 e. The van der Waals surface area contributed by atoms with Crippen LogP contribution in [-0.4, -0.2) is 44.3 Å². The van der Waals surface area contributed by atoms with Crippen LogP contribution < -0.4 is 30.3 Å². The van der Waals surface area contributed by atoms with E-state index in [1.54, 1.807) is 42.5 Å². The van der Waals surface area contributed by atoms with Crippen molar-refractivity contribution in [1.29, 1.82) is 0 Å². The normalized spacial score (nSPS) is 10.6. The number of methoxy groups -OCH3 is 1. The molecule has 0 fully saturated rings. The van der Waals surface area contributed by atoms with Crippen molar-refractivity contribution in [1.82, 2.24) is 5.43 Å². The number of ether oxygens (including phenoxy) is 3. The molecule has 0 atom stereocenters. The number of carbonyl (C=O) groups is 3. The maximum absolute atomic E-state index is 12.3. The fourth-order valence-electron chi connectivity index (χ4n) is 3.18. The highest BCUT2D eigenvalue weighted by atomic mass is 35.5. The number of nitrogens with zero attached hydrogens (tertiary/aromatic N) is 1. The van der Waals surface area contributed by atoms with Gasteiger partial charge in [0.25, 0.3) is 5.91 Å². The van der Waals surface area contributed by atoms with E-state index >= 15 is 0 Å². The zero-order valence-electron chi connectivity index (χ0n) is 21.7. The van der Waals surface area contributed by atoms with Crippen molar-refractivity contribution in [3.63, 3.8) is 0 Å². The van der Waals surface area contributed by atoms with Crippen LogP contribution in [0.2, 0.25) is 5.02 Å². The number of benzene rings is 3. The number of carbonyl (C=O) groups excluding carboxylic acids is 3. The molecule has 0 aliphatic heterocycles. The van der Waals surface area contributed by atoms with Crippen LogP contribution in [0.1, 0.15) is 24.5 Å². The molecular weight excluding hydrogens is 524 g/mol. The minimum atomic E-state index is -0.963. The van der Waals surface area contributed by atoms with Gasteiger partial charge in [0.2, 0.25) is 0 Å². The van der Waals surface area contributed by atoms with Crippen molar-refractivity contribution in [2.24, 2.45) is 5.10 Å². The van der Waals surface area contributed by atoms with Gasteiger partial charge in [0, 0.05) is 11.4 Å². The Balaban J connectivity index is 1.53. The zero-order chi connectivity index (χ0) is 28.2. The van der Waals surface area contributed by atoms with Gasteiger partial charge >= 0.3 is 11.8 Å². The van der Waals surface area contributed by atoms with E-state index in [4.69, 9.17) is 25.8 Å². The van der Waals surface area contributed by atoms with Gasteiger partial charge in [-0.1, -0.05) is 36.2 Å². The number of anilines is 2. The molecule has 3 aromatic rings. The van der Waals surface area contributed by atoms with Crippen molar-refractivity contribution in [2.45, 2.75) is 20.3 Å². The first-order valence-corrected chi connectivity index (χ1v) is 12.4. The van der Waals surface area contributed by atoms with Crippen molar-refractivity contribution in [3.8, 4) is 17.2 Å². The second-order valence-electron chi connectivity index (χ2n) is 8.26. The quantitative estimate of drug-likeness (QED) is 0.182.